The lowest BCUT2D eigenvalue weighted by molar-refractivity contribution is -0.133. The molecule has 3 saturated carbocycles. The first-order valence-corrected chi connectivity index (χ1v) is 9.19. The summed E-state index contributed by atoms with van der Waals surface area (Å²) in [6.07, 6.45) is 6.14. The van der Waals surface area contributed by atoms with E-state index >= 15 is 0 Å². The molecule has 0 bridgehead atoms. The zero-order valence-electron chi connectivity index (χ0n) is 14.2. The van der Waals surface area contributed by atoms with Crippen LogP contribution >= 0.6 is 0 Å². The number of hydrogen-bond acceptors (Lipinski definition) is 3. The predicted octanol–water partition coefficient (Wildman–Crippen LogP) is 2.65. The first-order chi connectivity index (χ1) is 10.8. The van der Waals surface area contributed by atoms with Gasteiger partial charge in [-0.2, -0.15) is 0 Å². The quantitative estimate of drug-likeness (QED) is 0.747. The maximum Gasteiger partial charge on any atom is 0.220 e. The zero-order chi connectivity index (χ0) is 16.4. The van der Waals surface area contributed by atoms with Crippen molar-refractivity contribution in [2.75, 3.05) is 0 Å². The second-order valence-electron chi connectivity index (χ2n) is 8.87. The van der Waals surface area contributed by atoms with Crippen LogP contribution in [0.4, 0.5) is 0 Å². The Labute approximate surface area is 137 Å². The number of amides is 1. The highest BCUT2D eigenvalue weighted by atomic mass is 16.2. The molecule has 4 nitrogen and oxygen atoms in total. The van der Waals surface area contributed by atoms with Crippen LogP contribution < -0.4 is 5.32 Å². The number of rotatable bonds is 0. The van der Waals surface area contributed by atoms with Crippen molar-refractivity contribution >= 4 is 17.5 Å². The Bertz CT molecular complexity index is 585. The van der Waals surface area contributed by atoms with Gasteiger partial charge in [-0.15, -0.1) is 0 Å². The highest BCUT2D eigenvalue weighted by Crippen LogP contribution is 2.59. The number of fused-ring (bicyclic) bond motifs is 5. The Hall–Kier alpha value is -1.19. The minimum atomic E-state index is -0.241. The minimum Gasteiger partial charge on any atom is -0.353 e. The lowest BCUT2D eigenvalue weighted by Crippen LogP contribution is -2.56. The van der Waals surface area contributed by atoms with Crippen LogP contribution in [-0.4, -0.2) is 23.5 Å². The molecule has 6 atom stereocenters. The first kappa shape index (κ1) is 15.3. The van der Waals surface area contributed by atoms with Gasteiger partial charge < -0.3 is 5.32 Å². The van der Waals surface area contributed by atoms with E-state index < -0.39 is 0 Å². The molecule has 1 aliphatic heterocycles. The van der Waals surface area contributed by atoms with Gasteiger partial charge in [-0.05, 0) is 48.9 Å². The van der Waals surface area contributed by atoms with Gasteiger partial charge in [0.1, 0.15) is 11.6 Å². The number of ketones is 2. The summed E-state index contributed by atoms with van der Waals surface area (Å²) >= 11 is 0. The van der Waals surface area contributed by atoms with Crippen molar-refractivity contribution in [3.63, 3.8) is 0 Å². The van der Waals surface area contributed by atoms with Gasteiger partial charge in [-0.25, -0.2) is 0 Å². The molecular weight excluding hydrogens is 290 g/mol. The van der Waals surface area contributed by atoms with Crippen LogP contribution in [0.3, 0.4) is 0 Å². The number of carbonyl (C=O) groups excluding carboxylic acids is 3. The molecule has 1 amide bonds. The van der Waals surface area contributed by atoms with Crippen molar-refractivity contribution in [2.45, 2.75) is 71.3 Å². The Kier molecular flexibility index (Phi) is 3.27. The Morgan fingerprint density at radius 2 is 1.74 bits per heavy atom. The summed E-state index contributed by atoms with van der Waals surface area (Å²) in [6, 6.07) is 0.121. The van der Waals surface area contributed by atoms with Gasteiger partial charge in [0.25, 0.3) is 0 Å². The molecule has 4 fully saturated rings. The van der Waals surface area contributed by atoms with Crippen LogP contribution in [0.25, 0.3) is 0 Å². The highest BCUT2D eigenvalue weighted by Gasteiger charge is 2.60. The molecular formula is C19H27NO3. The van der Waals surface area contributed by atoms with Crippen LogP contribution in [0, 0.1) is 28.6 Å². The number of hydrogen-bond donors (Lipinski definition) is 1. The third kappa shape index (κ3) is 2.06. The second-order valence-corrected chi connectivity index (χ2v) is 8.87. The maximum atomic E-state index is 12.5. The summed E-state index contributed by atoms with van der Waals surface area (Å²) in [5.41, 5.74) is -0.181. The molecule has 1 heterocycles. The van der Waals surface area contributed by atoms with Crippen LogP contribution in [-0.2, 0) is 14.4 Å². The third-order valence-electron chi connectivity index (χ3n) is 7.94. The highest BCUT2D eigenvalue weighted by molar-refractivity contribution is 5.88. The van der Waals surface area contributed by atoms with Gasteiger partial charge in [0.05, 0.1) is 0 Å². The summed E-state index contributed by atoms with van der Waals surface area (Å²) in [5.74, 6) is 1.67. The first-order valence-electron chi connectivity index (χ1n) is 9.19. The minimum absolute atomic E-state index is 0.0602. The molecule has 126 valence electrons. The van der Waals surface area contributed by atoms with E-state index in [0.29, 0.717) is 43.2 Å². The van der Waals surface area contributed by atoms with E-state index in [-0.39, 0.29) is 34.6 Å². The van der Waals surface area contributed by atoms with Crippen LogP contribution in [0.1, 0.15) is 65.2 Å². The standard InChI is InChI=1S/C19H27NO3/c1-18-7-5-12(21)9-11(18)10-16(23)20-17-13-3-4-15(22)19(13,2)8-6-14(17)18/h11,13-14,17H,3-10H2,1-2H3,(H,20,23)/t11?,13-,14-,17-,18-,19-/m0/s1. The Morgan fingerprint density at radius 1 is 0.957 bits per heavy atom. The fourth-order valence-electron chi connectivity index (χ4n) is 6.34. The number of carbonyl (C=O) groups is 3. The maximum absolute atomic E-state index is 12.5. The van der Waals surface area contributed by atoms with E-state index in [1.54, 1.807) is 0 Å². The van der Waals surface area contributed by atoms with Gasteiger partial charge in [0, 0.05) is 37.1 Å². The van der Waals surface area contributed by atoms with Crippen molar-refractivity contribution in [3.8, 4) is 0 Å². The Balaban J connectivity index is 1.73. The normalized spacial score (nSPS) is 49.7. The van der Waals surface area contributed by atoms with Gasteiger partial charge in [-0.1, -0.05) is 13.8 Å². The number of Topliss-reactive ketones (excluding diaryl/α,β-unsaturated/α-hetero) is 2. The van der Waals surface area contributed by atoms with Crippen LogP contribution in [0.2, 0.25) is 0 Å². The molecule has 1 unspecified atom stereocenters. The lowest BCUT2D eigenvalue weighted by atomic mass is 9.52. The van der Waals surface area contributed by atoms with E-state index in [4.69, 9.17) is 0 Å². The van der Waals surface area contributed by atoms with Crippen LogP contribution in [0.5, 0.6) is 0 Å². The molecule has 4 aliphatic rings. The topological polar surface area (TPSA) is 63.2 Å². The number of nitrogens with one attached hydrogen (secondary N) is 1. The molecule has 1 N–H and O–H groups in total. The van der Waals surface area contributed by atoms with Crippen molar-refractivity contribution in [2.24, 2.45) is 28.6 Å². The van der Waals surface area contributed by atoms with Crippen molar-refractivity contribution in [1.82, 2.24) is 5.32 Å². The van der Waals surface area contributed by atoms with Crippen molar-refractivity contribution in [3.05, 3.63) is 0 Å². The molecule has 4 rings (SSSR count). The lowest BCUT2D eigenvalue weighted by Gasteiger charge is -2.53. The van der Waals surface area contributed by atoms with E-state index in [1.165, 1.54) is 0 Å². The zero-order valence-corrected chi connectivity index (χ0v) is 14.2. The molecule has 1 saturated heterocycles. The fraction of sp³-hybridized carbons (Fsp3) is 0.842. The molecule has 3 aliphatic carbocycles. The summed E-state index contributed by atoms with van der Waals surface area (Å²) in [5, 5.41) is 3.29. The fourth-order valence-corrected chi connectivity index (χ4v) is 6.34. The molecule has 0 aromatic carbocycles. The summed E-state index contributed by atoms with van der Waals surface area (Å²) in [7, 11) is 0. The van der Waals surface area contributed by atoms with E-state index in [0.717, 1.165) is 25.7 Å². The summed E-state index contributed by atoms with van der Waals surface area (Å²) < 4.78 is 0. The molecule has 0 aromatic heterocycles. The van der Waals surface area contributed by atoms with Crippen molar-refractivity contribution in [1.29, 1.82) is 0 Å². The van der Waals surface area contributed by atoms with Crippen molar-refractivity contribution < 1.29 is 14.4 Å². The largest absolute Gasteiger partial charge is 0.353 e. The average molecular weight is 317 g/mol. The monoisotopic (exact) mass is 317 g/mol. The SMILES string of the molecule is C[C@]12CCC(=O)CC1CC(=O)N[C@@H]1[C@@H]2CC[C@]2(C)C(=O)CC[C@@H]12. The van der Waals surface area contributed by atoms with Crippen LogP contribution in [0.15, 0.2) is 0 Å². The van der Waals surface area contributed by atoms with E-state index in [1.807, 2.05) is 0 Å². The van der Waals surface area contributed by atoms with Gasteiger partial charge in [0.2, 0.25) is 5.91 Å². The van der Waals surface area contributed by atoms with Gasteiger partial charge in [0.15, 0.2) is 0 Å². The predicted molar refractivity (Wildman–Crippen MR) is 85.6 cm³/mol. The third-order valence-corrected chi connectivity index (χ3v) is 7.94. The second kappa shape index (κ2) is 4.90. The van der Waals surface area contributed by atoms with Gasteiger partial charge in [-0.3, -0.25) is 14.4 Å². The van der Waals surface area contributed by atoms with Gasteiger partial charge >= 0.3 is 0 Å². The van der Waals surface area contributed by atoms with E-state index in [9.17, 15) is 14.4 Å². The smallest absolute Gasteiger partial charge is 0.220 e. The molecule has 4 heteroatoms. The molecule has 23 heavy (non-hydrogen) atoms. The molecule has 0 radical (unpaired) electrons. The molecule has 0 spiro atoms. The summed E-state index contributed by atoms with van der Waals surface area (Å²) in [6.45, 7) is 4.42. The summed E-state index contributed by atoms with van der Waals surface area (Å²) in [4.78, 5) is 36.9. The van der Waals surface area contributed by atoms with E-state index in [2.05, 4.69) is 19.2 Å². The Morgan fingerprint density at radius 3 is 2.52 bits per heavy atom. The molecule has 0 aromatic rings. The average Bonchev–Trinajstić information content (AvgIpc) is 2.73.